The van der Waals surface area contributed by atoms with Gasteiger partial charge >= 0.3 is 0 Å². The number of anilines is 1. The first-order chi connectivity index (χ1) is 11.6. The maximum Gasteiger partial charge on any atom is 0.246 e. The summed E-state index contributed by atoms with van der Waals surface area (Å²) < 4.78 is 5.54. The zero-order chi connectivity index (χ0) is 17.6. The van der Waals surface area contributed by atoms with Gasteiger partial charge in [-0.05, 0) is 31.4 Å². The van der Waals surface area contributed by atoms with E-state index in [0.29, 0.717) is 11.9 Å². The van der Waals surface area contributed by atoms with Crippen LogP contribution in [0, 0.1) is 5.92 Å². The summed E-state index contributed by atoms with van der Waals surface area (Å²) in [5.41, 5.74) is 0.776. The Labute approximate surface area is 168 Å². The zero-order valence-electron chi connectivity index (χ0n) is 15.4. The van der Waals surface area contributed by atoms with E-state index < -0.39 is 0 Å². The Bertz CT molecular complexity index is 495. The van der Waals surface area contributed by atoms with Crippen molar-refractivity contribution in [3.8, 4) is 0 Å². The first kappa shape index (κ1) is 23.6. The monoisotopic (exact) mass is 462 g/mol. The Morgan fingerprint density at radius 3 is 2.56 bits per heavy atom. The van der Waals surface area contributed by atoms with Crippen LogP contribution in [-0.2, 0) is 9.53 Å². The van der Waals surface area contributed by atoms with Gasteiger partial charge in [-0.1, -0.05) is 32.0 Å². The van der Waals surface area contributed by atoms with Crippen molar-refractivity contribution in [2.24, 2.45) is 10.9 Å². The van der Waals surface area contributed by atoms with E-state index >= 15 is 0 Å². The Balaban J connectivity index is 0.00000576. The minimum Gasteiger partial charge on any atom is -0.381 e. The number of carbonyl (C=O) groups is 1. The zero-order valence-corrected chi connectivity index (χ0v) is 17.7. The highest BCUT2D eigenvalue weighted by Crippen LogP contribution is 2.04. The van der Waals surface area contributed by atoms with Crippen LogP contribution in [0.25, 0.3) is 0 Å². The Hall–Kier alpha value is -1.35. The highest BCUT2D eigenvalue weighted by molar-refractivity contribution is 14.0. The molecule has 25 heavy (non-hydrogen) atoms. The van der Waals surface area contributed by atoms with Crippen molar-refractivity contribution >= 4 is 41.5 Å². The second-order valence-electron chi connectivity index (χ2n) is 5.86. The van der Waals surface area contributed by atoms with Gasteiger partial charge in [0.2, 0.25) is 5.91 Å². The first-order valence-corrected chi connectivity index (χ1v) is 8.56. The number of guanidine groups is 1. The molecule has 1 aromatic rings. The lowest BCUT2D eigenvalue weighted by Crippen LogP contribution is -2.38. The number of carbonyl (C=O) groups excluding carboxylic acids is 1. The molecule has 0 bridgehead atoms. The van der Waals surface area contributed by atoms with E-state index in [9.17, 15) is 4.79 Å². The van der Waals surface area contributed by atoms with E-state index in [1.165, 1.54) is 0 Å². The number of hydrogen-bond acceptors (Lipinski definition) is 3. The van der Waals surface area contributed by atoms with E-state index in [2.05, 4.69) is 34.8 Å². The average molecular weight is 462 g/mol. The molecule has 7 heteroatoms. The third-order valence-corrected chi connectivity index (χ3v) is 2.99. The summed E-state index contributed by atoms with van der Waals surface area (Å²) >= 11 is 0. The molecule has 1 rings (SSSR count). The van der Waals surface area contributed by atoms with Gasteiger partial charge in [0.15, 0.2) is 5.96 Å². The van der Waals surface area contributed by atoms with E-state index in [4.69, 9.17) is 4.74 Å². The largest absolute Gasteiger partial charge is 0.381 e. The highest BCUT2D eigenvalue weighted by atomic mass is 127. The SMILES string of the molecule is CCNC(=NCC(=O)Nc1ccccc1)NCCCOCC(C)C.I. The first-order valence-electron chi connectivity index (χ1n) is 8.56. The fraction of sp³-hybridized carbons (Fsp3) is 0.556. The van der Waals surface area contributed by atoms with Crippen LogP contribution in [-0.4, -0.2) is 44.7 Å². The predicted octanol–water partition coefficient (Wildman–Crippen LogP) is 2.86. The topological polar surface area (TPSA) is 74.8 Å². The molecule has 0 spiro atoms. The number of aliphatic imine (C=N–C) groups is 1. The van der Waals surface area contributed by atoms with Crippen LogP contribution in [0.2, 0.25) is 0 Å². The minimum atomic E-state index is -0.140. The number of nitrogens with one attached hydrogen (secondary N) is 3. The van der Waals surface area contributed by atoms with Gasteiger partial charge in [0, 0.05) is 32.0 Å². The smallest absolute Gasteiger partial charge is 0.246 e. The van der Waals surface area contributed by atoms with Gasteiger partial charge in [0.1, 0.15) is 6.54 Å². The maximum absolute atomic E-state index is 11.9. The maximum atomic E-state index is 11.9. The third-order valence-electron chi connectivity index (χ3n) is 2.99. The standard InChI is InChI=1S/C18H30N4O2.HI/c1-4-19-18(20-11-8-12-24-14-15(2)3)21-13-17(23)22-16-9-6-5-7-10-16;/h5-7,9-10,15H,4,8,11-14H2,1-3H3,(H,22,23)(H2,19,20,21);1H. The summed E-state index contributed by atoms with van der Waals surface area (Å²) in [6.45, 7) is 9.34. The lowest BCUT2D eigenvalue weighted by atomic mass is 10.2. The molecular formula is C18H31IN4O2. The Morgan fingerprint density at radius 1 is 1.20 bits per heavy atom. The van der Waals surface area contributed by atoms with E-state index in [0.717, 1.165) is 38.4 Å². The summed E-state index contributed by atoms with van der Waals surface area (Å²) in [7, 11) is 0. The molecule has 0 radical (unpaired) electrons. The number of hydrogen-bond donors (Lipinski definition) is 3. The molecule has 0 aliphatic rings. The minimum absolute atomic E-state index is 0. The number of rotatable bonds is 10. The molecule has 1 amide bonds. The van der Waals surface area contributed by atoms with Gasteiger partial charge in [0.05, 0.1) is 0 Å². The number of ether oxygens (including phenoxy) is 1. The van der Waals surface area contributed by atoms with Crippen molar-refractivity contribution in [1.29, 1.82) is 0 Å². The molecule has 1 aromatic carbocycles. The Morgan fingerprint density at radius 2 is 1.92 bits per heavy atom. The van der Waals surface area contributed by atoms with Crippen LogP contribution in [0.3, 0.4) is 0 Å². The van der Waals surface area contributed by atoms with E-state index in [1.807, 2.05) is 37.3 Å². The molecule has 0 aliphatic carbocycles. The number of halogens is 1. The number of benzene rings is 1. The summed E-state index contributed by atoms with van der Waals surface area (Å²) in [6, 6.07) is 9.37. The number of para-hydroxylation sites is 1. The second kappa shape index (κ2) is 14.9. The van der Waals surface area contributed by atoms with Crippen molar-refractivity contribution < 1.29 is 9.53 Å². The van der Waals surface area contributed by atoms with Crippen LogP contribution in [0.5, 0.6) is 0 Å². The van der Waals surface area contributed by atoms with Crippen molar-refractivity contribution in [2.75, 3.05) is 38.2 Å². The molecule has 0 aromatic heterocycles. The number of nitrogens with zero attached hydrogens (tertiary/aromatic N) is 1. The molecule has 142 valence electrons. The molecule has 6 nitrogen and oxygen atoms in total. The highest BCUT2D eigenvalue weighted by Gasteiger charge is 2.03. The van der Waals surface area contributed by atoms with Crippen LogP contribution in [0.1, 0.15) is 27.2 Å². The van der Waals surface area contributed by atoms with Crippen LogP contribution in [0.15, 0.2) is 35.3 Å². The van der Waals surface area contributed by atoms with Crippen LogP contribution < -0.4 is 16.0 Å². The van der Waals surface area contributed by atoms with Crippen LogP contribution in [0.4, 0.5) is 5.69 Å². The average Bonchev–Trinajstić information content (AvgIpc) is 2.56. The fourth-order valence-corrected chi connectivity index (χ4v) is 1.91. The molecule has 0 aliphatic heterocycles. The van der Waals surface area contributed by atoms with Crippen molar-refractivity contribution in [3.05, 3.63) is 30.3 Å². The van der Waals surface area contributed by atoms with Gasteiger partial charge in [-0.15, -0.1) is 24.0 Å². The van der Waals surface area contributed by atoms with Crippen LogP contribution >= 0.6 is 24.0 Å². The molecular weight excluding hydrogens is 431 g/mol. The van der Waals surface area contributed by atoms with Gasteiger partial charge in [-0.25, -0.2) is 4.99 Å². The fourth-order valence-electron chi connectivity index (χ4n) is 1.91. The van der Waals surface area contributed by atoms with Gasteiger partial charge < -0.3 is 20.7 Å². The summed E-state index contributed by atoms with van der Waals surface area (Å²) in [5.74, 6) is 1.06. The molecule has 0 saturated heterocycles. The normalized spacial score (nSPS) is 11.0. The summed E-state index contributed by atoms with van der Waals surface area (Å²) in [4.78, 5) is 16.2. The number of amides is 1. The van der Waals surface area contributed by atoms with Crippen molar-refractivity contribution in [1.82, 2.24) is 10.6 Å². The predicted molar refractivity (Wildman–Crippen MR) is 115 cm³/mol. The summed E-state index contributed by atoms with van der Waals surface area (Å²) in [5, 5.41) is 9.15. The van der Waals surface area contributed by atoms with Gasteiger partial charge in [0.25, 0.3) is 0 Å². The molecule has 0 heterocycles. The van der Waals surface area contributed by atoms with Crippen molar-refractivity contribution in [2.45, 2.75) is 27.2 Å². The van der Waals surface area contributed by atoms with Gasteiger partial charge in [-0.2, -0.15) is 0 Å². The molecule has 0 fully saturated rings. The quantitative estimate of drug-likeness (QED) is 0.216. The molecule has 0 atom stereocenters. The molecule has 0 saturated carbocycles. The molecule has 3 N–H and O–H groups in total. The Kier molecular flexibility index (Phi) is 14.1. The van der Waals surface area contributed by atoms with E-state index in [-0.39, 0.29) is 36.4 Å². The van der Waals surface area contributed by atoms with E-state index in [1.54, 1.807) is 0 Å². The lowest BCUT2D eigenvalue weighted by molar-refractivity contribution is -0.114. The lowest BCUT2D eigenvalue weighted by Gasteiger charge is -2.12. The van der Waals surface area contributed by atoms with Crippen molar-refractivity contribution in [3.63, 3.8) is 0 Å². The third kappa shape index (κ3) is 12.6. The second-order valence-corrected chi connectivity index (χ2v) is 5.86. The molecule has 0 unspecified atom stereocenters. The summed E-state index contributed by atoms with van der Waals surface area (Å²) in [6.07, 6.45) is 0.896. The van der Waals surface area contributed by atoms with Gasteiger partial charge in [-0.3, -0.25) is 4.79 Å².